The summed E-state index contributed by atoms with van der Waals surface area (Å²) in [5.41, 5.74) is 0.710. The molecule has 1 unspecified atom stereocenters. The molecule has 102 valence electrons. The number of rotatable bonds is 4. The van der Waals surface area contributed by atoms with Crippen LogP contribution < -0.4 is 4.72 Å². The van der Waals surface area contributed by atoms with Gasteiger partial charge in [0.05, 0.1) is 11.1 Å². The minimum atomic E-state index is -3.74. The summed E-state index contributed by atoms with van der Waals surface area (Å²) >= 11 is 3.04. The van der Waals surface area contributed by atoms with Gasteiger partial charge in [0.2, 0.25) is 10.0 Å². The third kappa shape index (κ3) is 3.20. The van der Waals surface area contributed by atoms with E-state index in [2.05, 4.69) is 30.8 Å². The average Bonchev–Trinajstić information content (AvgIpc) is 2.80. The summed E-state index contributed by atoms with van der Waals surface area (Å²) < 4.78 is 40.0. The summed E-state index contributed by atoms with van der Waals surface area (Å²) in [6.45, 7) is 1.69. The molecule has 0 saturated heterocycles. The van der Waals surface area contributed by atoms with Gasteiger partial charge in [-0.1, -0.05) is 0 Å². The normalized spacial score (nSPS) is 13.4. The lowest BCUT2D eigenvalue weighted by atomic mass is 10.2. The topological polar surface area (TPSA) is 74.8 Å². The molecule has 0 amide bonds. The van der Waals surface area contributed by atoms with Gasteiger partial charge < -0.3 is 0 Å². The molecule has 1 aromatic carbocycles. The molecule has 0 fully saturated rings. The number of hydrogen-bond acceptors (Lipinski definition) is 3. The predicted octanol–water partition coefficient (Wildman–Crippen LogP) is 2.35. The van der Waals surface area contributed by atoms with Crippen LogP contribution in [0.5, 0.6) is 0 Å². The van der Waals surface area contributed by atoms with Gasteiger partial charge in [-0.2, -0.15) is 5.10 Å². The average molecular weight is 348 g/mol. The molecular weight excluding hydrogens is 337 g/mol. The summed E-state index contributed by atoms with van der Waals surface area (Å²) in [6.07, 6.45) is 3.14. The molecule has 0 aliphatic heterocycles. The van der Waals surface area contributed by atoms with Gasteiger partial charge >= 0.3 is 0 Å². The van der Waals surface area contributed by atoms with Gasteiger partial charge in [0.15, 0.2) is 0 Å². The SMILES string of the molecule is CC(NS(=O)(=O)c1ccc(F)cc1Br)c1cn[nH]c1. The molecule has 0 aliphatic carbocycles. The number of aromatic nitrogens is 2. The van der Waals surface area contributed by atoms with E-state index in [1.54, 1.807) is 13.1 Å². The molecule has 2 aromatic rings. The fraction of sp³-hybridized carbons (Fsp3) is 0.182. The van der Waals surface area contributed by atoms with E-state index in [-0.39, 0.29) is 9.37 Å². The van der Waals surface area contributed by atoms with Crippen molar-refractivity contribution in [3.8, 4) is 0 Å². The molecule has 1 heterocycles. The first-order valence-corrected chi connectivity index (χ1v) is 7.64. The summed E-state index contributed by atoms with van der Waals surface area (Å²) in [6, 6.07) is 2.98. The fourth-order valence-corrected chi connectivity index (χ4v) is 3.84. The number of sulfonamides is 1. The standard InChI is InChI=1S/C11H11BrFN3O2S/c1-7(8-5-14-15-6-8)16-19(17,18)11-3-2-9(13)4-10(11)12/h2-7,16H,1H3,(H,14,15). The summed E-state index contributed by atoms with van der Waals surface area (Å²) in [4.78, 5) is -0.00996. The van der Waals surface area contributed by atoms with Gasteiger partial charge in [-0.05, 0) is 41.1 Å². The number of aromatic amines is 1. The van der Waals surface area contributed by atoms with E-state index in [4.69, 9.17) is 0 Å². The Balaban J connectivity index is 2.28. The zero-order valence-electron chi connectivity index (χ0n) is 9.89. The zero-order chi connectivity index (χ0) is 14.0. The fourth-order valence-electron chi connectivity index (χ4n) is 1.56. The second kappa shape index (κ2) is 5.40. The molecular formula is C11H11BrFN3O2S. The minimum absolute atomic E-state index is 0.00996. The molecule has 0 saturated carbocycles. The van der Waals surface area contributed by atoms with Gasteiger partial charge in [0.25, 0.3) is 0 Å². The summed E-state index contributed by atoms with van der Waals surface area (Å²) in [5.74, 6) is -0.506. The summed E-state index contributed by atoms with van der Waals surface area (Å²) in [7, 11) is -3.74. The molecule has 19 heavy (non-hydrogen) atoms. The van der Waals surface area contributed by atoms with E-state index in [1.807, 2.05) is 0 Å². The number of halogens is 2. The highest BCUT2D eigenvalue weighted by atomic mass is 79.9. The van der Waals surface area contributed by atoms with E-state index in [0.717, 1.165) is 12.1 Å². The number of H-pyrrole nitrogens is 1. The van der Waals surface area contributed by atoms with Crippen LogP contribution in [0, 0.1) is 5.82 Å². The third-order valence-electron chi connectivity index (χ3n) is 2.53. The molecule has 1 atom stereocenters. The van der Waals surface area contributed by atoms with Crippen LogP contribution in [0.15, 0.2) is 40.0 Å². The second-order valence-electron chi connectivity index (χ2n) is 3.95. The Labute approximate surface area is 118 Å². The summed E-state index contributed by atoms with van der Waals surface area (Å²) in [5, 5.41) is 6.37. The van der Waals surface area contributed by atoms with Crippen LogP contribution in [0.3, 0.4) is 0 Å². The number of nitrogens with one attached hydrogen (secondary N) is 2. The van der Waals surface area contributed by atoms with Crippen LogP contribution in [0.4, 0.5) is 4.39 Å². The van der Waals surface area contributed by atoms with E-state index in [9.17, 15) is 12.8 Å². The maximum absolute atomic E-state index is 13.0. The quantitative estimate of drug-likeness (QED) is 0.891. The van der Waals surface area contributed by atoms with Crippen molar-refractivity contribution in [2.45, 2.75) is 17.9 Å². The van der Waals surface area contributed by atoms with Crippen molar-refractivity contribution in [2.24, 2.45) is 0 Å². The molecule has 0 aliphatic rings. The molecule has 1 aromatic heterocycles. The molecule has 2 N–H and O–H groups in total. The van der Waals surface area contributed by atoms with Gasteiger partial charge in [0, 0.05) is 22.3 Å². The first-order valence-electron chi connectivity index (χ1n) is 5.36. The maximum atomic E-state index is 13.0. The molecule has 5 nitrogen and oxygen atoms in total. The van der Waals surface area contributed by atoms with Gasteiger partial charge in [0.1, 0.15) is 5.82 Å². The van der Waals surface area contributed by atoms with Crippen LogP contribution in [0.25, 0.3) is 0 Å². The molecule has 0 bridgehead atoms. The first-order chi connectivity index (χ1) is 8.90. The van der Waals surface area contributed by atoms with Gasteiger partial charge in [-0.3, -0.25) is 5.10 Å². The number of nitrogens with zero attached hydrogens (tertiary/aromatic N) is 1. The van der Waals surface area contributed by atoms with Crippen molar-refractivity contribution in [2.75, 3.05) is 0 Å². The maximum Gasteiger partial charge on any atom is 0.242 e. The lowest BCUT2D eigenvalue weighted by molar-refractivity contribution is 0.565. The lowest BCUT2D eigenvalue weighted by Gasteiger charge is -2.13. The Hall–Kier alpha value is -1.25. The smallest absolute Gasteiger partial charge is 0.242 e. The predicted molar refractivity (Wildman–Crippen MR) is 71.4 cm³/mol. The second-order valence-corrected chi connectivity index (χ2v) is 6.49. The molecule has 0 spiro atoms. The Kier molecular flexibility index (Phi) is 4.02. The van der Waals surface area contributed by atoms with E-state index in [1.165, 1.54) is 12.3 Å². The van der Waals surface area contributed by atoms with Crippen molar-refractivity contribution in [3.63, 3.8) is 0 Å². The number of benzene rings is 1. The highest BCUT2D eigenvalue weighted by Gasteiger charge is 2.21. The van der Waals surface area contributed by atoms with Crippen LogP contribution in [-0.2, 0) is 10.0 Å². The lowest BCUT2D eigenvalue weighted by Crippen LogP contribution is -2.27. The van der Waals surface area contributed by atoms with Crippen molar-refractivity contribution < 1.29 is 12.8 Å². The molecule has 2 rings (SSSR count). The Morgan fingerprint density at radius 1 is 1.47 bits per heavy atom. The molecule has 0 radical (unpaired) electrons. The van der Waals surface area contributed by atoms with E-state index in [0.29, 0.717) is 5.56 Å². The monoisotopic (exact) mass is 347 g/mol. The Morgan fingerprint density at radius 3 is 2.79 bits per heavy atom. The highest BCUT2D eigenvalue weighted by molar-refractivity contribution is 9.10. The van der Waals surface area contributed by atoms with Crippen LogP contribution in [0.2, 0.25) is 0 Å². The largest absolute Gasteiger partial charge is 0.285 e. The molecule has 8 heteroatoms. The number of hydrogen-bond donors (Lipinski definition) is 2. The van der Waals surface area contributed by atoms with Crippen LogP contribution >= 0.6 is 15.9 Å². The van der Waals surface area contributed by atoms with Crippen LogP contribution in [-0.4, -0.2) is 18.6 Å². The Morgan fingerprint density at radius 2 is 2.21 bits per heavy atom. The van der Waals surface area contributed by atoms with Crippen molar-refractivity contribution in [1.82, 2.24) is 14.9 Å². The van der Waals surface area contributed by atoms with Gasteiger partial charge in [-0.25, -0.2) is 17.5 Å². The highest BCUT2D eigenvalue weighted by Crippen LogP contribution is 2.24. The van der Waals surface area contributed by atoms with Crippen molar-refractivity contribution in [1.29, 1.82) is 0 Å². The van der Waals surface area contributed by atoms with E-state index < -0.39 is 21.9 Å². The van der Waals surface area contributed by atoms with Crippen molar-refractivity contribution in [3.05, 3.63) is 46.4 Å². The van der Waals surface area contributed by atoms with Crippen molar-refractivity contribution >= 4 is 26.0 Å². The van der Waals surface area contributed by atoms with Gasteiger partial charge in [-0.15, -0.1) is 0 Å². The minimum Gasteiger partial charge on any atom is -0.285 e. The third-order valence-corrected chi connectivity index (χ3v) is 5.05. The Bertz CT molecular complexity index is 673. The van der Waals surface area contributed by atoms with E-state index >= 15 is 0 Å². The zero-order valence-corrected chi connectivity index (χ0v) is 12.3. The first kappa shape index (κ1) is 14.2. The van der Waals surface area contributed by atoms with Crippen LogP contribution in [0.1, 0.15) is 18.5 Å².